The van der Waals surface area contributed by atoms with Crippen LogP contribution in [-0.4, -0.2) is 17.4 Å². The van der Waals surface area contributed by atoms with Crippen LogP contribution in [0.3, 0.4) is 0 Å². The van der Waals surface area contributed by atoms with E-state index in [1.54, 1.807) is 0 Å². The fourth-order valence-electron chi connectivity index (χ4n) is 2.28. The van der Waals surface area contributed by atoms with Crippen LogP contribution in [0.5, 0.6) is 0 Å². The van der Waals surface area contributed by atoms with Crippen LogP contribution in [0.4, 0.5) is 0 Å². The summed E-state index contributed by atoms with van der Waals surface area (Å²) in [5.41, 5.74) is 3.42. The fourth-order valence-corrected chi connectivity index (χ4v) is 2.28. The van der Waals surface area contributed by atoms with Crippen LogP contribution in [-0.2, 0) is 11.2 Å². The number of amides is 1. The molecule has 0 radical (unpaired) electrons. The molecular formula is C18H24N2O2. The maximum atomic E-state index is 12.1. The molecule has 0 aliphatic carbocycles. The third kappa shape index (κ3) is 3.56. The monoisotopic (exact) mass is 300 g/mol. The van der Waals surface area contributed by atoms with E-state index in [0.717, 1.165) is 16.5 Å². The molecule has 2 aromatic rings. The molecule has 2 rings (SSSR count). The van der Waals surface area contributed by atoms with Gasteiger partial charge >= 0.3 is 0 Å². The van der Waals surface area contributed by atoms with Crippen molar-refractivity contribution in [2.45, 2.75) is 41.0 Å². The smallest absolute Gasteiger partial charge is 0.251 e. The lowest BCUT2D eigenvalue weighted by Crippen LogP contribution is -2.36. The zero-order chi connectivity index (χ0) is 16.5. The molecule has 0 fully saturated rings. The number of aryl methyl sites for hydroxylation is 2. The highest BCUT2D eigenvalue weighted by Gasteiger charge is 2.20. The summed E-state index contributed by atoms with van der Waals surface area (Å²) in [5.74, 6) is -0.00353. The summed E-state index contributed by atoms with van der Waals surface area (Å²) >= 11 is 0. The molecule has 22 heavy (non-hydrogen) atoms. The van der Waals surface area contributed by atoms with E-state index < -0.39 is 5.41 Å². The van der Waals surface area contributed by atoms with Crippen molar-refractivity contribution in [1.82, 2.24) is 10.3 Å². The van der Waals surface area contributed by atoms with Crippen LogP contribution in [0.25, 0.3) is 10.9 Å². The Kier molecular flexibility index (Phi) is 4.40. The first-order valence-electron chi connectivity index (χ1n) is 7.60. The van der Waals surface area contributed by atoms with E-state index in [4.69, 9.17) is 0 Å². The van der Waals surface area contributed by atoms with E-state index in [1.807, 2.05) is 39.8 Å². The lowest BCUT2D eigenvalue weighted by atomic mass is 9.95. The Hall–Kier alpha value is -2.10. The third-order valence-electron chi connectivity index (χ3n) is 3.90. The molecule has 0 aliphatic rings. The zero-order valence-corrected chi connectivity index (χ0v) is 14.0. The highest BCUT2D eigenvalue weighted by Crippen LogP contribution is 2.17. The molecule has 0 unspecified atom stereocenters. The average molecular weight is 300 g/mol. The maximum absolute atomic E-state index is 12.1. The van der Waals surface area contributed by atoms with Crippen molar-refractivity contribution in [3.8, 4) is 0 Å². The lowest BCUT2D eigenvalue weighted by Gasteiger charge is -2.17. The van der Waals surface area contributed by atoms with Gasteiger partial charge in [0.25, 0.3) is 5.56 Å². The topological polar surface area (TPSA) is 62.0 Å². The molecule has 0 bridgehead atoms. The van der Waals surface area contributed by atoms with Crippen LogP contribution in [0.15, 0.2) is 23.0 Å². The Morgan fingerprint density at radius 1 is 1.14 bits per heavy atom. The molecule has 0 atom stereocenters. The number of carbonyl (C=O) groups excluding carboxylic acids is 1. The summed E-state index contributed by atoms with van der Waals surface area (Å²) in [6.07, 6.45) is 0.528. The first-order chi connectivity index (χ1) is 10.2. The molecule has 118 valence electrons. The second-order valence-electron chi connectivity index (χ2n) is 6.90. The first kappa shape index (κ1) is 16.3. The Morgan fingerprint density at radius 3 is 2.41 bits per heavy atom. The van der Waals surface area contributed by atoms with Gasteiger partial charge in [0.15, 0.2) is 0 Å². The number of nitrogens with one attached hydrogen (secondary N) is 2. The second kappa shape index (κ2) is 5.95. The van der Waals surface area contributed by atoms with Gasteiger partial charge < -0.3 is 10.3 Å². The van der Waals surface area contributed by atoms with E-state index in [1.165, 1.54) is 5.56 Å². The van der Waals surface area contributed by atoms with Gasteiger partial charge in [-0.2, -0.15) is 0 Å². The van der Waals surface area contributed by atoms with Gasteiger partial charge in [-0.25, -0.2) is 0 Å². The number of H-pyrrole nitrogens is 1. The third-order valence-corrected chi connectivity index (χ3v) is 3.90. The van der Waals surface area contributed by atoms with Gasteiger partial charge in [-0.1, -0.05) is 20.8 Å². The van der Waals surface area contributed by atoms with Gasteiger partial charge in [0.1, 0.15) is 0 Å². The fraction of sp³-hybridized carbons (Fsp3) is 0.444. The minimum absolute atomic E-state index is 0.00353. The maximum Gasteiger partial charge on any atom is 0.251 e. The molecule has 1 aromatic heterocycles. The predicted molar refractivity (Wildman–Crippen MR) is 90.2 cm³/mol. The van der Waals surface area contributed by atoms with E-state index in [9.17, 15) is 9.59 Å². The molecule has 0 saturated heterocycles. The van der Waals surface area contributed by atoms with Gasteiger partial charge in [0, 0.05) is 23.0 Å². The van der Waals surface area contributed by atoms with Crippen LogP contribution in [0, 0.1) is 19.3 Å². The van der Waals surface area contributed by atoms with Crippen LogP contribution >= 0.6 is 0 Å². The first-order valence-corrected chi connectivity index (χ1v) is 7.60. The highest BCUT2D eigenvalue weighted by molar-refractivity contribution is 5.82. The summed E-state index contributed by atoms with van der Waals surface area (Å²) in [4.78, 5) is 26.9. The largest absolute Gasteiger partial charge is 0.355 e. The molecular weight excluding hydrogens is 276 g/mol. The summed E-state index contributed by atoms with van der Waals surface area (Å²) in [6, 6.07) is 6.00. The minimum atomic E-state index is -0.412. The van der Waals surface area contributed by atoms with Gasteiger partial charge in [-0.05, 0) is 55.0 Å². The van der Waals surface area contributed by atoms with Crippen LogP contribution < -0.4 is 10.9 Å². The summed E-state index contributed by atoms with van der Waals surface area (Å²) in [5, 5.41) is 3.90. The quantitative estimate of drug-likeness (QED) is 0.915. The van der Waals surface area contributed by atoms with Crippen molar-refractivity contribution in [1.29, 1.82) is 0 Å². The normalized spacial score (nSPS) is 11.7. The number of pyridine rings is 1. The summed E-state index contributed by atoms with van der Waals surface area (Å²) in [7, 11) is 0. The summed E-state index contributed by atoms with van der Waals surface area (Å²) < 4.78 is 0. The molecule has 1 amide bonds. The molecule has 1 heterocycles. The second-order valence-corrected chi connectivity index (χ2v) is 6.90. The molecule has 4 heteroatoms. The van der Waals surface area contributed by atoms with Crippen molar-refractivity contribution < 1.29 is 4.79 Å². The van der Waals surface area contributed by atoms with Crippen molar-refractivity contribution in [2.24, 2.45) is 5.41 Å². The standard InChI is InChI=1S/C18H24N2O2/c1-11-8-14-10-13(6-7-19-17(22)18(3,4)5)16(21)20-15(14)9-12(11)2/h8-10H,6-7H2,1-5H3,(H,19,22)(H,20,21). The van der Waals surface area contributed by atoms with E-state index in [0.29, 0.717) is 18.5 Å². The Morgan fingerprint density at radius 2 is 1.77 bits per heavy atom. The molecule has 2 N–H and O–H groups in total. The molecule has 4 nitrogen and oxygen atoms in total. The number of fused-ring (bicyclic) bond motifs is 1. The zero-order valence-electron chi connectivity index (χ0n) is 14.0. The molecule has 0 aliphatic heterocycles. The van der Waals surface area contributed by atoms with E-state index >= 15 is 0 Å². The van der Waals surface area contributed by atoms with Gasteiger partial charge in [-0.15, -0.1) is 0 Å². The number of hydrogen-bond donors (Lipinski definition) is 2. The highest BCUT2D eigenvalue weighted by atomic mass is 16.2. The number of benzene rings is 1. The Labute approximate surface area is 130 Å². The van der Waals surface area contributed by atoms with Gasteiger partial charge in [0.05, 0.1) is 0 Å². The van der Waals surface area contributed by atoms with Crippen molar-refractivity contribution in [2.75, 3.05) is 6.54 Å². The van der Waals surface area contributed by atoms with Gasteiger partial charge in [-0.3, -0.25) is 9.59 Å². The summed E-state index contributed by atoms with van der Waals surface area (Å²) in [6.45, 7) is 10.2. The van der Waals surface area contributed by atoms with E-state index in [-0.39, 0.29) is 11.5 Å². The lowest BCUT2D eigenvalue weighted by molar-refractivity contribution is -0.128. The molecule has 1 aromatic carbocycles. The Balaban J connectivity index is 2.18. The number of aromatic nitrogens is 1. The van der Waals surface area contributed by atoms with E-state index in [2.05, 4.69) is 23.3 Å². The Bertz CT molecular complexity index is 767. The number of carbonyl (C=O) groups is 1. The molecule has 0 spiro atoms. The van der Waals surface area contributed by atoms with Crippen molar-refractivity contribution >= 4 is 16.8 Å². The number of aromatic amines is 1. The number of hydrogen-bond acceptors (Lipinski definition) is 2. The van der Waals surface area contributed by atoms with Gasteiger partial charge in [0.2, 0.25) is 5.91 Å². The van der Waals surface area contributed by atoms with Crippen molar-refractivity contribution in [3.63, 3.8) is 0 Å². The van der Waals surface area contributed by atoms with Crippen LogP contribution in [0.1, 0.15) is 37.5 Å². The van der Waals surface area contributed by atoms with Crippen LogP contribution in [0.2, 0.25) is 0 Å². The average Bonchev–Trinajstić information content (AvgIpc) is 2.40. The van der Waals surface area contributed by atoms with Crippen molar-refractivity contribution in [3.05, 3.63) is 45.2 Å². The minimum Gasteiger partial charge on any atom is -0.355 e. The number of rotatable bonds is 3. The SMILES string of the molecule is Cc1cc2cc(CCNC(=O)C(C)(C)C)c(=O)[nH]c2cc1C. The predicted octanol–water partition coefficient (Wildman–Crippen LogP) is 2.85. The molecule has 0 saturated carbocycles.